The van der Waals surface area contributed by atoms with Crippen LogP contribution in [0.1, 0.15) is 40.9 Å². The first-order valence-corrected chi connectivity index (χ1v) is 12.2. The number of ether oxygens (including phenoxy) is 2. The second-order valence-corrected chi connectivity index (χ2v) is 10.2. The molecule has 9 nitrogen and oxygen atoms in total. The predicted octanol–water partition coefficient (Wildman–Crippen LogP) is 4.76. The SMILES string of the molecule is CC(C)(c1ccc(OCc2cnc(N[N+](C)(O)S)nc2)cc1)c1cc(Cl)c(OCCCl)c(C(N)=O)c1. The van der Waals surface area contributed by atoms with Crippen LogP contribution in [0.3, 0.4) is 0 Å². The van der Waals surface area contributed by atoms with Gasteiger partial charge in [-0.05, 0) is 39.6 Å². The van der Waals surface area contributed by atoms with Crippen LogP contribution in [0, 0.1) is 0 Å². The molecule has 1 amide bonds. The summed E-state index contributed by atoms with van der Waals surface area (Å²) in [4.78, 5) is 20.3. The fourth-order valence-corrected chi connectivity index (χ4v) is 3.84. The molecular weight excluding hydrogens is 525 g/mol. The number of carbonyl (C=O) groups is 1. The maximum atomic E-state index is 12.1. The summed E-state index contributed by atoms with van der Waals surface area (Å²) in [6, 6.07) is 11.1. The summed E-state index contributed by atoms with van der Waals surface area (Å²) in [6.07, 6.45) is 3.19. The summed E-state index contributed by atoms with van der Waals surface area (Å²) < 4.78 is 10.6. The maximum absolute atomic E-state index is 12.1. The summed E-state index contributed by atoms with van der Waals surface area (Å²) in [7, 11) is 1.41. The highest BCUT2D eigenvalue weighted by molar-refractivity contribution is 7.74. The third-order valence-electron chi connectivity index (χ3n) is 5.35. The summed E-state index contributed by atoms with van der Waals surface area (Å²) in [5, 5.41) is 9.88. The number of rotatable bonds is 11. The predicted molar refractivity (Wildman–Crippen MR) is 142 cm³/mol. The minimum Gasteiger partial charge on any atom is -0.490 e. The van der Waals surface area contributed by atoms with E-state index in [0.29, 0.717) is 10.8 Å². The van der Waals surface area contributed by atoms with Crippen LogP contribution in [0.2, 0.25) is 5.02 Å². The Morgan fingerprint density at radius 2 is 1.81 bits per heavy atom. The van der Waals surface area contributed by atoms with Crippen LogP contribution in [0.25, 0.3) is 0 Å². The standard InChI is InChI=1S/C24H27Cl2N5O4S/c1-24(2,17-10-19(22(27)32)21(20(26)11-17)34-9-8-25)16-4-6-18(7-5-16)35-14-15-12-28-23(29-13-15)30-31(3,33)36/h4-7,10-13,33,36H,8-9,14H2,1-3H3,(H2-,27,28,29,30,32)/p+1. The Morgan fingerprint density at radius 3 is 2.36 bits per heavy atom. The molecule has 0 aliphatic heterocycles. The van der Waals surface area contributed by atoms with Crippen LogP contribution in [-0.2, 0) is 12.0 Å². The van der Waals surface area contributed by atoms with E-state index in [-0.39, 0.29) is 36.4 Å². The minimum absolute atomic E-state index is 0.204. The van der Waals surface area contributed by atoms with Gasteiger partial charge >= 0.3 is 0 Å². The molecule has 1 aromatic heterocycles. The van der Waals surface area contributed by atoms with E-state index in [2.05, 4.69) is 28.2 Å². The van der Waals surface area contributed by atoms with Crippen molar-refractivity contribution >= 4 is 47.9 Å². The number of primary amides is 1. The molecule has 0 saturated carbocycles. The van der Waals surface area contributed by atoms with Gasteiger partial charge in [0, 0.05) is 23.4 Å². The number of aromatic nitrogens is 2. The molecule has 3 rings (SSSR count). The number of amides is 1. The van der Waals surface area contributed by atoms with Gasteiger partial charge in [-0.2, -0.15) is 10.6 Å². The normalized spacial score (nSPS) is 13.1. The van der Waals surface area contributed by atoms with Gasteiger partial charge in [-0.1, -0.05) is 37.6 Å². The lowest BCUT2D eigenvalue weighted by Gasteiger charge is -2.27. The van der Waals surface area contributed by atoms with E-state index in [1.165, 1.54) is 7.05 Å². The van der Waals surface area contributed by atoms with Gasteiger partial charge in [-0.3, -0.25) is 4.79 Å². The summed E-state index contributed by atoms with van der Waals surface area (Å²) in [6.45, 7) is 4.51. The zero-order valence-electron chi connectivity index (χ0n) is 20.0. The molecule has 0 radical (unpaired) electrons. The number of thiol groups is 1. The number of alkyl halides is 1. The Balaban J connectivity index is 1.74. The lowest BCUT2D eigenvalue weighted by Crippen LogP contribution is -2.36. The topological polar surface area (TPSA) is 120 Å². The van der Waals surface area contributed by atoms with E-state index >= 15 is 0 Å². The molecule has 3 aromatic rings. The van der Waals surface area contributed by atoms with E-state index in [0.717, 1.165) is 16.7 Å². The van der Waals surface area contributed by atoms with Crippen molar-refractivity contribution in [2.24, 2.45) is 5.73 Å². The number of carbonyl (C=O) groups excluding carboxylic acids is 1. The Labute approximate surface area is 225 Å². The van der Waals surface area contributed by atoms with Crippen molar-refractivity contribution in [1.29, 1.82) is 0 Å². The lowest BCUT2D eigenvalue weighted by atomic mass is 9.77. The van der Waals surface area contributed by atoms with E-state index in [4.69, 9.17) is 38.4 Å². The monoisotopic (exact) mass is 552 g/mol. The molecule has 4 N–H and O–H groups in total. The fourth-order valence-electron chi connectivity index (χ4n) is 3.40. The molecule has 1 atom stereocenters. The van der Waals surface area contributed by atoms with Gasteiger partial charge in [0.25, 0.3) is 11.9 Å². The van der Waals surface area contributed by atoms with Crippen molar-refractivity contribution in [3.8, 4) is 11.5 Å². The third kappa shape index (κ3) is 7.14. The molecule has 192 valence electrons. The van der Waals surface area contributed by atoms with Gasteiger partial charge in [0.2, 0.25) is 0 Å². The molecule has 2 aromatic carbocycles. The lowest BCUT2D eigenvalue weighted by molar-refractivity contribution is -0.955. The van der Waals surface area contributed by atoms with Crippen molar-refractivity contribution in [3.05, 3.63) is 76.1 Å². The Kier molecular flexibility index (Phi) is 8.91. The third-order valence-corrected chi connectivity index (χ3v) is 5.89. The number of benzene rings is 2. The first-order chi connectivity index (χ1) is 16.9. The largest absolute Gasteiger partial charge is 0.490 e. The van der Waals surface area contributed by atoms with Crippen molar-refractivity contribution in [1.82, 2.24) is 9.97 Å². The van der Waals surface area contributed by atoms with Gasteiger partial charge in [0.15, 0.2) is 5.75 Å². The molecule has 1 heterocycles. The van der Waals surface area contributed by atoms with Gasteiger partial charge < -0.3 is 15.2 Å². The first kappa shape index (κ1) is 27.8. The highest BCUT2D eigenvalue weighted by atomic mass is 35.5. The Bertz CT molecular complexity index is 1200. The van der Waals surface area contributed by atoms with Crippen molar-refractivity contribution in [2.75, 3.05) is 25.0 Å². The second kappa shape index (κ2) is 11.5. The summed E-state index contributed by atoms with van der Waals surface area (Å²) in [5.41, 5.74) is 10.4. The first-order valence-electron chi connectivity index (χ1n) is 10.9. The van der Waals surface area contributed by atoms with Gasteiger partial charge in [0.05, 0.1) is 16.5 Å². The quantitative estimate of drug-likeness (QED) is 0.117. The van der Waals surface area contributed by atoms with Gasteiger partial charge in [-0.25, -0.2) is 9.97 Å². The van der Waals surface area contributed by atoms with E-state index in [1.807, 2.05) is 38.1 Å². The number of halogens is 2. The zero-order valence-corrected chi connectivity index (χ0v) is 22.4. The number of hydroxylamine groups is 1. The molecule has 0 bridgehead atoms. The van der Waals surface area contributed by atoms with Crippen molar-refractivity contribution in [3.63, 3.8) is 0 Å². The number of nitrogens with zero attached hydrogens (tertiary/aromatic N) is 3. The summed E-state index contributed by atoms with van der Waals surface area (Å²) in [5.74, 6) is 0.738. The number of nitrogens with two attached hydrogens (primary N) is 1. The highest BCUT2D eigenvalue weighted by Crippen LogP contribution is 2.38. The van der Waals surface area contributed by atoms with Gasteiger partial charge in [0.1, 0.15) is 38.8 Å². The smallest absolute Gasteiger partial charge is 0.273 e. The van der Waals surface area contributed by atoms with E-state index in [1.54, 1.807) is 24.5 Å². The number of anilines is 1. The molecule has 0 spiro atoms. The average Bonchev–Trinajstić information content (AvgIpc) is 2.81. The van der Waals surface area contributed by atoms with Crippen LogP contribution in [-0.4, -0.2) is 44.8 Å². The molecule has 12 heteroatoms. The van der Waals surface area contributed by atoms with Crippen LogP contribution >= 0.6 is 36.0 Å². The molecule has 0 fully saturated rings. The molecular formula is C24H28Cl2N5O4S+. The number of nitrogens with one attached hydrogen (secondary N) is 1. The van der Waals surface area contributed by atoms with Crippen LogP contribution in [0.5, 0.6) is 11.5 Å². The fraction of sp³-hybridized carbons (Fsp3) is 0.292. The van der Waals surface area contributed by atoms with Crippen LogP contribution in [0.15, 0.2) is 48.8 Å². The van der Waals surface area contributed by atoms with E-state index in [9.17, 15) is 10.0 Å². The molecule has 36 heavy (non-hydrogen) atoms. The molecule has 0 aliphatic carbocycles. The minimum atomic E-state index is -0.791. The van der Waals surface area contributed by atoms with Crippen LogP contribution < -0.4 is 20.6 Å². The van der Waals surface area contributed by atoms with Crippen molar-refractivity contribution in [2.45, 2.75) is 25.9 Å². The zero-order chi connectivity index (χ0) is 26.5. The molecule has 0 aliphatic rings. The maximum Gasteiger partial charge on any atom is 0.273 e. The highest BCUT2D eigenvalue weighted by Gasteiger charge is 2.27. The van der Waals surface area contributed by atoms with Crippen LogP contribution in [0.4, 0.5) is 5.95 Å². The number of hydrogen-bond donors (Lipinski definition) is 4. The Hall–Kier alpha value is -2.76. The Morgan fingerprint density at radius 1 is 1.17 bits per heavy atom. The summed E-state index contributed by atoms with van der Waals surface area (Å²) >= 11 is 16.1. The van der Waals surface area contributed by atoms with E-state index < -0.39 is 15.5 Å². The molecule has 0 saturated heterocycles. The average molecular weight is 553 g/mol. The van der Waals surface area contributed by atoms with Gasteiger partial charge in [-0.15, -0.1) is 11.6 Å². The van der Waals surface area contributed by atoms with Crippen molar-refractivity contribution < 1.29 is 23.6 Å². The number of quaternary nitrogens is 1. The molecule has 1 unspecified atom stereocenters. The number of hydrogen-bond acceptors (Lipinski definition) is 8. The second-order valence-electron chi connectivity index (χ2n) is 8.61.